The molecule has 0 aromatic heterocycles. The van der Waals surface area contributed by atoms with Gasteiger partial charge in [-0.05, 0) is 19.8 Å². The van der Waals surface area contributed by atoms with Gasteiger partial charge in [0.05, 0.1) is 12.6 Å². The van der Waals surface area contributed by atoms with E-state index in [1.165, 1.54) is 0 Å². The normalized spacial score (nSPS) is 16.2. The predicted molar refractivity (Wildman–Crippen MR) is 67.0 cm³/mol. The Kier molecular flexibility index (Phi) is 7.56. The summed E-state index contributed by atoms with van der Waals surface area (Å²) in [6, 6.07) is -0.161. The second-order valence-corrected chi connectivity index (χ2v) is 4.02. The van der Waals surface area contributed by atoms with Gasteiger partial charge < -0.3 is 10.4 Å². The summed E-state index contributed by atoms with van der Waals surface area (Å²) in [6.45, 7) is 7.71. The molecule has 0 aliphatic rings. The summed E-state index contributed by atoms with van der Waals surface area (Å²) in [6.07, 6.45) is 6.39. The van der Waals surface area contributed by atoms with Crippen LogP contribution in [0.15, 0.2) is 23.8 Å². The first kappa shape index (κ1) is 14.9. The zero-order chi connectivity index (χ0) is 12.6. The largest absolute Gasteiger partial charge is 0.394 e. The zero-order valence-corrected chi connectivity index (χ0v) is 10.7. The number of aliphatic hydroxyl groups excluding tert-OH is 1. The highest BCUT2D eigenvalue weighted by molar-refractivity contribution is 5.93. The molecular weight excluding hydrogens is 202 g/mol. The van der Waals surface area contributed by atoms with Gasteiger partial charge in [0.2, 0.25) is 5.91 Å². The summed E-state index contributed by atoms with van der Waals surface area (Å²) < 4.78 is 0. The fraction of sp³-hybridized carbons (Fsp3) is 0.615. The third-order valence-corrected chi connectivity index (χ3v) is 2.74. The lowest BCUT2D eigenvalue weighted by Gasteiger charge is -2.22. The number of allylic oxidation sites excluding steroid dienone is 3. The molecule has 0 spiro atoms. The molecule has 92 valence electrons. The number of carbonyl (C=O) groups excluding carboxylic acids is 1. The molecule has 3 heteroatoms. The molecule has 0 heterocycles. The molecule has 0 aliphatic heterocycles. The Morgan fingerprint density at radius 2 is 2.12 bits per heavy atom. The van der Waals surface area contributed by atoms with E-state index in [1.54, 1.807) is 13.0 Å². The highest BCUT2D eigenvalue weighted by atomic mass is 16.3. The van der Waals surface area contributed by atoms with E-state index in [-0.39, 0.29) is 24.5 Å². The second kappa shape index (κ2) is 8.11. The maximum Gasteiger partial charge on any atom is 0.247 e. The van der Waals surface area contributed by atoms with E-state index in [4.69, 9.17) is 0 Å². The van der Waals surface area contributed by atoms with Gasteiger partial charge in [-0.2, -0.15) is 0 Å². The molecule has 0 saturated carbocycles. The summed E-state index contributed by atoms with van der Waals surface area (Å²) in [5, 5.41) is 12.0. The van der Waals surface area contributed by atoms with Crippen molar-refractivity contribution in [2.24, 2.45) is 5.92 Å². The van der Waals surface area contributed by atoms with Gasteiger partial charge in [0.25, 0.3) is 0 Å². The number of hydrogen-bond donors (Lipinski definition) is 2. The van der Waals surface area contributed by atoms with E-state index in [2.05, 4.69) is 5.32 Å². The zero-order valence-electron chi connectivity index (χ0n) is 10.7. The lowest BCUT2D eigenvalue weighted by molar-refractivity contribution is -0.118. The Bertz CT molecular complexity index is 269. The lowest BCUT2D eigenvalue weighted by Crippen LogP contribution is -2.42. The van der Waals surface area contributed by atoms with Crippen LogP contribution in [0, 0.1) is 5.92 Å². The van der Waals surface area contributed by atoms with Crippen molar-refractivity contribution in [2.45, 2.75) is 40.2 Å². The summed E-state index contributed by atoms with van der Waals surface area (Å²) in [5.41, 5.74) is 0.653. The van der Waals surface area contributed by atoms with Gasteiger partial charge >= 0.3 is 0 Å². The summed E-state index contributed by atoms with van der Waals surface area (Å²) in [5.74, 6) is 0.168. The third kappa shape index (κ3) is 5.12. The molecule has 0 saturated heterocycles. The summed E-state index contributed by atoms with van der Waals surface area (Å²) in [7, 11) is 0. The number of rotatable bonds is 6. The van der Waals surface area contributed by atoms with E-state index < -0.39 is 0 Å². The predicted octanol–water partition coefficient (Wildman–Crippen LogP) is 2.03. The minimum absolute atomic E-state index is 0.0162. The molecule has 0 aromatic rings. The second-order valence-electron chi connectivity index (χ2n) is 4.02. The minimum atomic E-state index is -0.161. The van der Waals surface area contributed by atoms with Crippen molar-refractivity contribution < 1.29 is 9.90 Å². The first-order chi connectivity index (χ1) is 7.56. The Labute approximate surface area is 98.2 Å². The van der Waals surface area contributed by atoms with Crippen LogP contribution < -0.4 is 5.32 Å². The molecule has 0 unspecified atom stereocenters. The van der Waals surface area contributed by atoms with Gasteiger partial charge in [-0.15, -0.1) is 0 Å². The molecule has 0 rings (SSSR count). The van der Waals surface area contributed by atoms with Crippen LogP contribution in [0.25, 0.3) is 0 Å². The summed E-state index contributed by atoms with van der Waals surface area (Å²) in [4.78, 5) is 11.7. The van der Waals surface area contributed by atoms with Gasteiger partial charge in [-0.1, -0.05) is 38.5 Å². The average molecular weight is 225 g/mol. The van der Waals surface area contributed by atoms with Crippen LogP contribution in [0.2, 0.25) is 0 Å². The van der Waals surface area contributed by atoms with Crippen molar-refractivity contribution in [3.8, 4) is 0 Å². The van der Waals surface area contributed by atoms with Gasteiger partial charge in [-0.25, -0.2) is 0 Å². The molecule has 2 atom stereocenters. The summed E-state index contributed by atoms with van der Waals surface area (Å²) >= 11 is 0. The number of aliphatic hydroxyl groups is 1. The molecule has 0 aromatic carbocycles. The fourth-order valence-electron chi connectivity index (χ4n) is 1.25. The van der Waals surface area contributed by atoms with E-state index in [0.29, 0.717) is 5.57 Å². The SMILES string of the molecule is C/C=C/C=C(\C)C(=O)N[C@@H](CO)[C@@H](C)CC. The van der Waals surface area contributed by atoms with Crippen LogP contribution >= 0.6 is 0 Å². The van der Waals surface area contributed by atoms with Crippen molar-refractivity contribution in [3.05, 3.63) is 23.8 Å². The van der Waals surface area contributed by atoms with Crippen LogP contribution in [0.5, 0.6) is 0 Å². The molecule has 2 N–H and O–H groups in total. The van der Waals surface area contributed by atoms with E-state index >= 15 is 0 Å². The first-order valence-electron chi connectivity index (χ1n) is 5.78. The number of hydrogen-bond acceptors (Lipinski definition) is 2. The molecule has 0 aliphatic carbocycles. The molecule has 0 bridgehead atoms. The van der Waals surface area contributed by atoms with Crippen LogP contribution in [0.4, 0.5) is 0 Å². The minimum Gasteiger partial charge on any atom is -0.394 e. The van der Waals surface area contributed by atoms with E-state index in [1.807, 2.05) is 32.9 Å². The quantitative estimate of drug-likeness (QED) is 0.537. The molecule has 0 fully saturated rings. The molecule has 3 nitrogen and oxygen atoms in total. The topological polar surface area (TPSA) is 49.3 Å². The van der Waals surface area contributed by atoms with Gasteiger partial charge in [0.15, 0.2) is 0 Å². The van der Waals surface area contributed by atoms with Gasteiger partial charge in [0.1, 0.15) is 0 Å². The maximum absolute atomic E-state index is 11.7. The van der Waals surface area contributed by atoms with Gasteiger partial charge in [0, 0.05) is 5.57 Å². The third-order valence-electron chi connectivity index (χ3n) is 2.74. The van der Waals surface area contributed by atoms with E-state index in [9.17, 15) is 9.90 Å². The first-order valence-corrected chi connectivity index (χ1v) is 5.78. The smallest absolute Gasteiger partial charge is 0.247 e. The highest BCUT2D eigenvalue weighted by Crippen LogP contribution is 2.07. The number of amides is 1. The van der Waals surface area contributed by atoms with Crippen LogP contribution in [-0.2, 0) is 4.79 Å². The maximum atomic E-state index is 11.7. The highest BCUT2D eigenvalue weighted by Gasteiger charge is 2.17. The standard InChI is InChI=1S/C13H23NO2/c1-5-7-8-11(4)13(16)14-12(9-15)10(3)6-2/h5,7-8,10,12,15H,6,9H2,1-4H3,(H,14,16)/b7-5+,11-8+/t10-,12-/m0/s1. The molecule has 0 radical (unpaired) electrons. The van der Waals surface area contributed by atoms with Crippen molar-refractivity contribution >= 4 is 5.91 Å². The van der Waals surface area contributed by atoms with Crippen molar-refractivity contribution in [1.82, 2.24) is 5.32 Å². The monoisotopic (exact) mass is 225 g/mol. The van der Waals surface area contributed by atoms with Crippen molar-refractivity contribution in [1.29, 1.82) is 0 Å². The Morgan fingerprint density at radius 1 is 1.50 bits per heavy atom. The van der Waals surface area contributed by atoms with Gasteiger partial charge in [-0.3, -0.25) is 4.79 Å². The van der Waals surface area contributed by atoms with E-state index in [0.717, 1.165) is 6.42 Å². The Hall–Kier alpha value is -1.09. The number of carbonyl (C=O) groups is 1. The van der Waals surface area contributed by atoms with Crippen molar-refractivity contribution in [2.75, 3.05) is 6.61 Å². The lowest BCUT2D eigenvalue weighted by atomic mass is 9.99. The average Bonchev–Trinajstić information content (AvgIpc) is 2.31. The molecule has 16 heavy (non-hydrogen) atoms. The Morgan fingerprint density at radius 3 is 2.56 bits per heavy atom. The van der Waals surface area contributed by atoms with Crippen LogP contribution in [-0.4, -0.2) is 23.7 Å². The number of nitrogens with one attached hydrogen (secondary N) is 1. The van der Waals surface area contributed by atoms with Crippen molar-refractivity contribution in [3.63, 3.8) is 0 Å². The Balaban J connectivity index is 4.41. The van der Waals surface area contributed by atoms with Crippen LogP contribution in [0.1, 0.15) is 34.1 Å². The molecule has 1 amide bonds. The fourth-order valence-corrected chi connectivity index (χ4v) is 1.25. The molecular formula is C13H23NO2. The van der Waals surface area contributed by atoms with Crippen LogP contribution in [0.3, 0.4) is 0 Å².